The first kappa shape index (κ1) is 20.6. The van der Waals surface area contributed by atoms with Crippen molar-refractivity contribution in [3.63, 3.8) is 0 Å². The third-order valence-electron chi connectivity index (χ3n) is 3.66. The number of hydrogen-bond acceptors (Lipinski definition) is 3. The molecule has 0 spiro atoms. The molecule has 0 bridgehead atoms. The van der Waals surface area contributed by atoms with Gasteiger partial charge in [-0.05, 0) is 29.2 Å². The molecule has 0 aliphatic heterocycles. The van der Waals surface area contributed by atoms with Gasteiger partial charge in [0.15, 0.2) is 0 Å². The minimum atomic E-state index is -0.179. The molecule has 0 radical (unpaired) electrons. The smallest absolute Gasteiger partial charge is 0.230 e. The maximum absolute atomic E-state index is 11.9. The van der Waals surface area contributed by atoms with Crippen LogP contribution in [0.2, 0.25) is 0 Å². The number of hydrogen-bond donors (Lipinski definition) is 2. The first-order valence-corrected chi connectivity index (χ1v) is 8.85. The number of amides is 1. The highest BCUT2D eigenvalue weighted by molar-refractivity contribution is 8.00. The molecule has 0 saturated heterocycles. The van der Waals surface area contributed by atoms with Crippen LogP contribution in [0, 0.1) is 0 Å². The van der Waals surface area contributed by atoms with Crippen LogP contribution in [0.3, 0.4) is 0 Å². The third-order valence-corrected chi connectivity index (χ3v) is 4.68. The molecular formula is C19H25ClN2OS. The average molecular weight is 365 g/mol. The Kier molecular flexibility index (Phi) is 8.90. The Morgan fingerprint density at radius 2 is 1.62 bits per heavy atom. The second kappa shape index (κ2) is 10.4. The quantitative estimate of drug-likeness (QED) is 0.726. The predicted octanol–water partition coefficient (Wildman–Crippen LogP) is 4.14. The van der Waals surface area contributed by atoms with Gasteiger partial charge in [-0.15, -0.1) is 24.2 Å². The molecule has 0 saturated carbocycles. The fourth-order valence-electron chi connectivity index (χ4n) is 2.19. The summed E-state index contributed by atoms with van der Waals surface area (Å²) < 4.78 is 0. The highest BCUT2D eigenvalue weighted by atomic mass is 35.5. The lowest BCUT2D eigenvalue weighted by molar-refractivity contribution is -0.118. The van der Waals surface area contributed by atoms with E-state index in [4.69, 9.17) is 5.73 Å². The molecule has 3 nitrogen and oxygen atoms in total. The van der Waals surface area contributed by atoms with Gasteiger partial charge in [0, 0.05) is 17.5 Å². The number of thioether (sulfide) groups is 1. The first-order valence-electron chi connectivity index (χ1n) is 7.86. The molecule has 1 amide bonds. The van der Waals surface area contributed by atoms with E-state index in [2.05, 4.69) is 31.3 Å². The van der Waals surface area contributed by atoms with E-state index >= 15 is 0 Å². The van der Waals surface area contributed by atoms with Crippen molar-refractivity contribution < 1.29 is 4.79 Å². The fourth-order valence-corrected chi connectivity index (χ4v) is 2.94. The van der Waals surface area contributed by atoms with Gasteiger partial charge >= 0.3 is 0 Å². The number of nitrogens with one attached hydrogen (secondary N) is 1. The van der Waals surface area contributed by atoms with E-state index in [0.29, 0.717) is 18.2 Å². The number of rotatable bonds is 7. The zero-order valence-electron chi connectivity index (χ0n) is 14.1. The molecule has 5 heteroatoms. The SMILES string of the molecule is CC(C)c1ccc(C(N)CNC(=O)CSc2ccccc2)cc1.Cl. The van der Waals surface area contributed by atoms with Crippen LogP contribution in [0.4, 0.5) is 0 Å². The second-order valence-corrected chi connectivity index (χ2v) is 6.88. The monoisotopic (exact) mass is 364 g/mol. The third kappa shape index (κ3) is 6.56. The van der Waals surface area contributed by atoms with E-state index < -0.39 is 0 Å². The fraction of sp³-hybridized carbons (Fsp3) is 0.316. The van der Waals surface area contributed by atoms with Crippen LogP contribution in [-0.2, 0) is 4.79 Å². The molecule has 130 valence electrons. The van der Waals surface area contributed by atoms with Crippen LogP contribution in [0.15, 0.2) is 59.5 Å². The molecule has 1 unspecified atom stereocenters. The minimum Gasteiger partial charge on any atom is -0.353 e. The lowest BCUT2D eigenvalue weighted by Crippen LogP contribution is -2.33. The Labute approximate surface area is 154 Å². The van der Waals surface area contributed by atoms with E-state index in [9.17, 15) is 4.79 Å². The number of carbonyl (C=O) groups is 1. The van der Waals surface area contributed by atoms with Crippen molar-refractivity contribution in [2.75, 3.05) is 12.3 Å². The molecule has 24 heavy (non-hydrogen) atoms. The van der Waals surface area contributed by atoms with Crippen molar-refractivity contribution in [2.24, 2.45) is 5.73 Å². The Morgan fingerprint density at radius 1 is 1.04 bits per heavy atom. The predicted molar refractivity (Wildman–Crippen MR) is 105 cm³/mol. The molecule has 0 heterocycles. The molecular weight excluding hydrogens is 340 g/mol. The van der Waals surface area contributed by atoms with Gasteiger partial charge in [-0.3, -0.25) is 4.79 Å². The Balaban J connectivity index is 0.00000288. The molecule has 2 rings (SSSR count). The van der Waals surface area contributed by atoms with Gasteiger partial charge in [-0.25, -0.2) is 0 Å². The van der Waals surface area contributed by atoms with Gasteiger partial charge in [0.25, 0.3) is 0 Å². The van der Waals surface area contributed by atoms with Crippen molar-refractivity contribution in [3.05, 3.63) is 65.7 Å². The number of halogens is 1. The summed E-state index contributed by atoms with van der Waals surface area (Å²) in [7, 11) is 0. The summed E-state index contributed by atoms with van der Waals surface area (Å²) >= 11 is 1.53. The standard InChI is InChI=1S/C19H24N2OS.ClH/c1-14(2)15-8-10-16(11-9-15)18(20)12-21-19(22)13-23-17-6-4-3-5-7-17;/h3-11,14,18H,12-13,20H2,1-2H3,(H,21,22);1H. The van der Waals surface area contributed by atoms with Gasteiger partial charge in [0.2, 0.25) is 5.91 Å². The Morgan fingerprint density at radius 3 is 2.21 bits per heavy atom. The largest absolute Gasteiger partial charge is 0.353 e. The van der Waals surface area contributed by atoms with Crippen molar-refractivity contribution in [1.82, 2.24) is 5.32 Å². The summed E-state index contributed by atoms with van der Waals surface area (Å²) in [5, 5.41) is 2.90. The summed E-state index contributed by atoms with van der Waals surface area (Å²) in [6.07, 6.45) is 0. The van der Waals surface area contributed by atoms with Gasteiger partial charge in [-0.1, -0.05) is 56.3 Å². The second-order valence-electron chi connectivity index (χ2n) is 5.83. The van der Waals surface area contributed by atoms with Crippen LogP contribution in [0.1, 0.15) is 36.9 Å². The van der Waals surface area contributed by atoms with Crippen LogP contribution < -0.4 is 11.1 Å². The molecule has 2 aromatic carbocycles. The number of nitrogens with two attached hydrogens (primary N) is 1. The first-order chi connectivity index (χ1) is 11.1. The van der Waals surface area contributed by atoms with Crippen molar-refractivity contribution in [2.45, 2.75) is 30.7 Å². The van der Waals surface area contributed by atoms with Crippen LogP contribution >= 0.6 is 24.2 Å². The summed E-state index contributed by atoms with van der Waals surface area (Å²) in [5.41, 5.74) is 8.50. The summed E-state index contributed by atoms with van der Waals surface area (Å²) in [6.45, 7) is 4.79. The van der Waals surface area contributed by atoms with Crippen LogP contribution in [0.5, 0.6) is 0 Å². The van der Waals surface area contributed by atoms with E-state index in [-0.39, 0.29) is 24.4 Å². The van der Waals surface area contributed by atoms with E-state index in [0.717, 1.165) is 10.5 Å². The molecule has 0 aliphatic rings. The number of carbonyl (C=O) groups excluding carboxylic acids is 1. The van der Waals surface area contributed by atoms with Gasteiger partial charge in [0.1, 0.15) is 0 Å². The summed E-state index contributed by atoms with van der Waals surface area (Å²) in [6, 6.07) is 18.0. The molecule has 0 aliphatic carbocycles. The molecule has 0 aromatic heterocycles. The van der Waals surface area contributed by atoms with E-state index in [1.165, 1.54) is 17.3 Å². The lowest BCUT2D eigenvalue weighted by atomic mass is 9.99. The minimum absolute atomic E-state index is 0. The van der Waals surface area contributed by atoms with Gasteiger partial charge in [-0.2, -0.15) is 0 Å². The summed E-state index contributed by atoms with van der Waals surface area (Å²) in [4.78, 5) is 13.0. The molecule has 2 aromatic rings. The molecule has 0 fully saturated rings. The highest BCUT2D eigenvalue weighted by Gasteiger charge is 2.09. The zero-order valence-corrected chi connectivity index (χ0v) is 15.7. The maximum Gasteiger partial charge on any atom is 0.230 e. The van der Waals surface area contributed by atoms with Crippen LogP contribution in [-0.4, -0.2) is 18.2 Å². The lowest BCUT2D eigenvalue weighted by Gasteiger charge is -2.14. The molecule has 1 atom stereocenters. The average Bonchev–Trinajstić information content (AvgIpc) is 2.58. The Hall–Kier alpha value is -1.49. The van der Waals surface area contributed by atoms with E-state index in [1.807, 2.05) is 42.5 Å². The highest BCUT2D eigenvalue weighted by Crippen LogP contribution is 2.18. The van der Waals surface area contributed by atoms with Crippen LogP contribution in [0.25, 0.3) is 0 Å². The normalized spacial score (nSPS) is 11.7. The van der Waals surface area contributed by atoms with Gasteiger partial charge < -0.3 is 11.1 Å². The summed E-state index contributed by atoms with van der Waals surface area (Å²) in [5.74, 6) is 0.923. The maximum atomic E-state index is 11.9. The molecule has 3 N–H and O–H groups in total. The van der Waals surface area contributed by atoms with Crippen molar-refractivity contribution >= 4 is 30.1 Å². The van der Waals surface area contributed by atoms with Crippen molar-refractivity contribution in [3.8, 4) is 0 Å². The van der Waals surface area contributed by atoms with E-state index in [1.54, 1.807) is 0 Å². The van der Waals surface area contributed by atoms with Gasteiger partial charge in [0.05, 0.1) is 5.75 Å². The zero-order chi connectivity index (χ0) is 16.7. The Bertz CT molecular complexity index is 617. The van der Waals surface area contributed by atoms with Crippen molar-refractivity contribution in [1.29, 1.82) is 0 Å². The topological polar surface area (TPSA) is 55.1 Å². The number of benzene rings is 2.